The molecule has 0 unspecified atom stereocenters. The van der Waals surface area contributed by atoms with E-state index in [-0.39, 0.29) is 155 Å². The average molecular weight is 949 g/mol. The molecule has 0 radical (unpaired) electrons. The third-order valence-electron chi connectivity index (χ3n) is 10.2. The Bertz CT molecular complexity index is 2200. The molecule has 344 valence electrons. The molecule has 3 atom stereocenters. The van der Waals surface area contributed by atoms with Crippen LogP contribution in [0.4, 0.5) is 0 Å². The van der Waals surface area contributed by atoms with Crippen LogP contribution < -0.4 is 109 Å². The van der Waals surface area contributed by atoms with Gasteiger partial charge in [0.15, 0.2) is 0 Å². The van der Waals surface area contributed by atoms with Crippen LogP contribution in [0.2, 0.25) is 0 Å². The number of rotatable bonds is 21. The van der Waals surface area contributed by atoms with Crippen molar-refractivity contribution in [1.29, 1.82) is 0 Å². The van der Waals surface area contributed by atoms with Gasteiger partial charge < -0.3 is 50.8 Å². The van der Waals surface area contributed by atoms with Crippen molar-refractivity contribution in [3.05, 3.63) is 114 Å². The Morgan fingerprint density at radius 2 is 1.28 bits per heavy atom. The number of carbonyl (C=O) groups is 5. The Morgan fingerprint density at radius 3 is 1.82 bits per heavy atom. The average Bonchev–Trinajstić information content (AvgIpc) is 3.81. The summed E-state index contributed by atoms with van der Waals surface area (Å²) < 4.78 is 5.07. The zero-order chi connectivity index (χ0) is 45.0. The largest absolute Gasteiger partial charge is 1.00 e. The summed E-state index contributed by atoms with van der Waals surface area (Å²) in [6.07, 6.45) is 2.34. The maximum atomic E-state index is 12.8. The molecule has 19 heteroatoms. The van der Waals surface area contributed by atoms with Crippen LogP contribution >= 0.6 is 0 Å². The predicted molar refractivity (Wildman–Crippen MR) is 237 cm³/mol. The number of nitrogens with zero attached hydrogens (tertiary/aromatic N) is 5. The SMILES string of the molecule is CCCCC(=O)N(Cc1ccc(-c2ccccc2-c2nnn[n-]2)cc1)[C@H](C(=O)[O-])C(C)C.CCOC(=O)[C@H](C)C[C@@H](Cc1ccc(-c2ccccc2)cc1)NC(=O)CCC(=O)[O-].O.O.[Na+].[Na+].[Na+]. The maximum absolute atomic E-state index is 12.8. The van der Waals surface area contributed by atoms with E-state index >= 15 is 0 Å². The molecule has 1 heterocycles. The quantitative estimate of drug-likeness (QED) is 0.0533. The van der Waals surface area contributed by atoms with Gasteiger partial charge in [0.05, 0.1) is 24.5 Å². The molecular weight excluding hydrogens is 890 g/mol. The van der Waals surface area contributed by atoms with E-state index in [0.717, 1.165) is 51.8 Å². The number of tetrazole rings is 1. The molecule has 0 saturated heterocycles. The molecule has 5 rings (SSSR count). The second kappa shape index (κ2) is 34.5. The van der Waals surface area contributed by atoms with Crippen molar-refractivity contribution in [3.8, 4) is 33.6 Å². The van der Waals surface area contributed by atoms with Gasteiger partial charge in [0.2, 0.25) is 11.8 Å². The summed E-state index contributed by atoms with van der Waals surface area (Å²) in [5, 5.41) is 40.3. The summed E-state index contributed by atoms with van der Waals surface area (Å²) in [5.74, 6) is -3.55. The Balaban J connectivity index is 0. The molecule has 0 aliphatic carbocycles. The first-order chi connectivity index (χ1) is 29.8. The number of esters is 1. The van der Waals surface area contributed by atoms with E-state index in [4.69, 9.17) is 4.74 Å². The van der Waals surface area contributed by atoms with Crippen LogP contribution in [0.25, 0.3) is 33.6 Å². The molecule has 5 aromatic rings. The van der Waals surface area contributed by atoms with Gasteiger partial charge in [-0.05, 0) is 77.5 Å². The molecule has 16 nitrogen and oxygen atoms in total. The van der Waals surface area contributed by atoms with E-state index in [0.29, 0.717) is 31.7 Å². The fraction of sp³-hybridized carbons (Fsp3) is 0.375. The van der Waals surface area contributed by atoms with Crippen LogP contribution in [0, 0.1) is 11.8 Å². The topological polar surface area (TPSA) is 272 Å². The summed E-state index contributed by atoms with van der Waals surface area (Å²) in [5.41, 5.74) is 6.75. The number of aromatic nitrogens is 4. The third-order valence-corrected chi connectivity index (χ3v) is 10.2. The number of unbranched alkanes of at least 4 members (excludes halogenated alkanes) is 1. The summed E-state index contributed by atoms with van der Waals surface area (Å²) in [6.45, 7) is 9.59. The first kappa shape index (κ1) is 65.3. The van der Waals surface area contributed by atoms with Gasteiger partial charge in [-0.3, -0.25) is 24.7 Å². The number of amides is 2. The van der Waals surface area contributed by atoms with E-state index in [1.807, 2.05) is 110 Å². The number of carbonyl (C=O) groups excluding carboxylic acids is 5. The maximum Gasteiger partial charge on any atom is 1.00 e. The molecule has 4 aromatic carbocycles. The molecule has 0 fully saturated rings. The van der Waals surface area contributed by atoms with Gasteiger partial charge in [-0.2, -0.15) is 5.21 Å². The minimum Gasteiger partial charge on any atom is -0.550 e. The van der Waals surface area contributed by atoms with Gasteiger partial charge in [0.25, 0.3) is 0 Å². The normalized spacial score (nSPS) is 11.4. The van der Waals surface area contributed by atoms with E-state index < -0.39 is 18.0 Å². The number of nitrogens with one attached hydrogen (secondary N) is 1. The van der Waals surface area contributed by atoms with E-state index in [1.54, 1.807) is 27.7 Å². The van der Waals surface area contributed by atoms with Gasteiger partial charge in [-0.25, -0.2) is 0 Å². The fourth-order valence-electron chi connectivity index (χ4n) is 7.01. The molecule has 67 heavy (non-hydrogen) atoms. The van der Waals surface area contributed by atoms with Crippen LogP contribution in [0.1, 0.15) is 84.3 Å². The summed E-state index contributed by atoms with van der Waals surface area (Å²) in [7, 11) is 0. The van der Waals surface area contributed by atoms with Crippen molar-refractivity contribution in [2.24, 2.45) is 11.8 Å². The van der Waals surface area contributed by atoms with Crippen LogP contribution in [0.5, 0.6) is 0 Å². The zero-order valence-corrected chi connectivity index (χ0v) is 46.0. The molecule has 0 aliphatic rings. The van der Waals surface area contributed by atoms with Crippen molar-refractivity contribution < 1.29 is 139 Å². The smallest absolute Gasteiger partial charge is 0.550 e. The summed E-state index contributed by atoms with van der Waals surface area (Å²) >= 11 is 0. The molecule has 0 saturated carbocycles. The standard InChI is InChI=1S/C24H29N5O3.C24H29NO5.3Na.2H2O/c1-4-5-10-21(30)29(22(16(2)3)24(31)32)15-17-11-13-18(14-12-17)19-8-6-7-9-20(19)23-25-27-28-26-23;1-3-30-24(29)17(2)15-21(25-22(26)13-14-23(27)28)16-18-9-11-20(12-10-18)19-7-5-4-6-8-19;;;;;/h6-9,11-14,16,22H,4-5,10,15H2,1-3H3,(H2,25,26,27,28,31,32);4-12,17,21H,3,13-16H2,1-2H3,(H,25,26)(H,27,28);;;;2*1H2/q;;3*+1;;/p-3/t22-;17-,21+;;;;;/m01...../s1. The number of hydrogen-bond donors (Lipinski definition) is 1. The van der Waals surface area contributed by atoms with Gasteiger partial charge in [-0.15, -0.1) is 0 Å². The Morgan fingerprint density at radius 1 is 0.716 bits per heavy atom. The van der Waals surface area contributed by atoms with Crippen molar-refractivity contribution in [1.82, 2.24) is 30.8 Å². The zero-order valence-electron chi connectivity index (χ0n) is 40.0. The first-order valence-corrected chi connectivity index (χ1v) is 21.0. The fourth-order valence-corrected chi connectivity index (χ4v) is 7.01. The van der Waals surface area contributed by atoms with Gasteiger partial charge >= 0.3 is 94.6 Å². The van der Waals surface area contributed by atoms with Crippen LogP contribution in [-0.2, 0) is 41.7 Å². The molecule has 0 aliphatic heterocycles. The minimum absolute atomic E-state index is 0. The van der Waals surface area contributed by atoms with Gasteiger partial charge in [0, 0.05) is 37.2 Å². The molecule has 5 N–H and O–H groups in total. The van der Waals surface area contributed by atoms with Gasteiger partial charge in [0.1, 0.15) is 0 Å². The third kappa shape index (κ3) is 21.6. The molecule has 1 aromatic heterocycles. The molecule has 0 bridgehead atoms. The van der Waals surface area contributed by atoms with Crippen molar-refractivity contribution in [2.45, 2.75) is 98.2 Å². The molecule has 2 amide bonds. The Labute approximate surface area is 459 Å². The van der Waals surface area contributed by atoms with Gasteiger partial charge in [-0.1, -0.05) is 137 Å². The number of carboxylic acid groups (broad SMARTS) is 2. The van der Waals surface area contributed by atoms with Crippen molar-refractivity contribution in [3.63, 3.8) is 0 Å². The number of aliphatic carboxylic acids is 2. The Kier molecular flexibility index (Phi) is 33.6. The number of carboxylic acids is 2. The monoisotopic (exact) mass is 948 g/mol. The second-order valence-corrected chi connectivity index (χ2v) is 15.4. The predicted octanol–water partition coefficient (Wildman–Crippen LogP) is -5.68. The number of hydrogen-bond acceptors (Lipinski definition) is 11. The summed E-state index contributed by atoms with van der Waals surface area (Å²) in [6, 6.07) is 32.1. The van der Waals surface area contributed by atoms with Crippen LogP contribution in [0.15, 0.2) is 103 Å². The van der Waals surface area contributed by atoms with E-state index in [2.05, 4.69) is 25.9 Å². The van der Waals surface area contributed by atoms with Crippen molar-refractivity contribution in [2.75, 3.05) is 6.61 Å². The number of ether oxygens (including phenoxy) is 1. The first-order valence-electron chi connectivity index (χ1n) is 21.0. The molecule has 0 spiro atoms. The van der Waals surface area contributed by atoms with E-state index in [1.165, 1.54) is 4.90 Å². The Hall–Kier alpha value is -3.78. The van der Waals surface area contributed by atoms with Crippen molar-refractivity contribution >= 4 is 29.7 Å². The number of benzene rings is 4. The van der Waals surface area contributed by atoms with Crippen LogP contribution in [-0.4, -0.2) is 79.8 Å². The summed E-state index contributed by atoms with van der Waals surface area (Å²) in [4.78, 5) is 60.9. The second-order valence-electron chi connectivity index (χ2n) is 15.4. The van der Waals surface area contributed by atoms with E-state index in [9.17, 15) is 34.2 Å². The van der Waals surface area contributed by atoms with Crippen LogP contribution in [0.3, 0.4) is 0 Å². The molecular formula is C48H59N6Na3O10. The minimum atomic E-state index is -1.27.